The number of aryl methyl sites for hydroxylation is 1. The molecule has 0 aromatic carbocycles. The number of rotatable bonds is 3. The second kappa shape index (κ2) is 4.71. The Kier molecular flexibility index (Phi) is 3.31. The Morgan fingerprint density at radius 1 is 1.50 bits per heavy atom. The van der Waals surface area contributed by atoms with Gasteiger partial charge >= 0.3 is 0 Å². The highest BCUT2D eigenvalue weighted by molar-refractivity contribution is 9.10. The van der Waals surface area contributed by atoms with Crippen molar-refractivity contribution in [3.8, 4) is 0 Å². The molecule has 84 valence electrons. The first-order valence-electron chi connectivity index (χ1n) is 4.86. The minimum atomic E-state index is -0.110. The maximum atomic E-state index is 6.07. The SMILES string of the molecule is Cn1cc(CC(N)c2cncc(Br)c2)nn1. The molecular formula is C10H12BrN5. The molecule has 0 saturated carbocycles. The molecule has 6 heteroatoms. The van der Waals surface area contributed by atoms with Crippen molar-refractivity contribution in [1.29, 1.82) is 0 Å². The molecule has 16 heavy (non-hydrogen) atoms. The molecule has 0 aliphatic carbocycles. The van der Waals surface area contributed by atoms with Gasteiger partial charge in [0.1, 0.15) is 0 Å². The quantitative estimate of drug-likeness (QED) is 0.918. The smallest absolute Gasteiger partial charge is 0.0845 e. The summed E-state index contributed by atoms with van der Waals surface area (Å²) in [6.07, 6.45) is 6.03. The largest absolute Gasteiger partial charge is 0.324 e. The summed E-state index contributed by atoms with van der Waals surface area (Å²) >= 11 is 3.37. The summed E-state index contributed by atoms with van der Waals surface area (Å²) in [5, 5.41) is 7.87. The summed E-state index contributed by atoms with van der Waals surface area (Å²) in [4.78, 5) is 4.08. The molecular weight excluding hydrogens is 270 g/mol. The van der Waals surface area contributed by atoms with E-state index in [0.717, 1.165) is 15.7 Å². The van der Waals surface area contributed by atoms with Crippen LogP contribution in [-0.4, -0.2) is 20.0 Å². The lowest BCUT2D eigenvalue weighted by atomic mass is 10.1. The van der Waals surface area contributed by atoms with E-state index >= 15 is 0 Å². The Labute approximate surface area is 102 Å². The number of nitrogens with zero attached hydrogens (tertiary/aromatic N) is 4. The fraction of sp³-hybridized carbons (Fsp3) is 0.300. The van der Waals surface area contributed by atoms with E-state index in [9.17, 15) is 0 Å². The lowest BCUT2D eigenvalue weighted by Gasteiger charge is -2.09. The second-order valence-corrected chi connectivity index (χ2v) is 4.55. The van der Waals surface area contributed by atoms with Crippen LogP contribution in [0.25, 0.3) is 0 Å². The number of nitrogens with two attached hydrogens (primary N) is 1. The van der Waals surface area contributed by atoms with Crippen molar-refractivity contribution in [2.75, 3.05) is 0 Å². The summed E-state index contributed by atoms with van der Waals surface area (Å²) in [6.45, 7) is 0. The van der Waals surface area contributed by atoms with Crippen LogP contribution in [0.5, 0.6) is 0 Å². The van der Waals surface area contributed by atoms with Gasteiger partial charge in [0.2, 0.25) is 0 Å². The third-order valence-corrected chi connectivity index (χ3v) is 2.67. The molecule has 2 aromatic rings. The van der Waals surface area contributed by atoms with Crippen LogP contribution in [0.15, 0.2) is 29.1 Å². The van der Waals surface area contributed by atoms with Gasteiger partial charge in [0.25, 0.3) is 0 Å². The monoisotopic (exact) mass is 281 g/mol. The van der Waals surface area contributed by atoms with E-state index in [0.29, 0.717) is 6.42 Å². The number of hydrogen-bond donors (Lipinski definition) is 1. The first kappa shape index (κ1) is 11.2. The third-order valence-electron chi connectivity index (χ3n) is 2.23. The molecule has 1 atom stereocenters. The molecule has 0 saturated heterocycles. The molecule has 0 spiro atoms. The summed E-state index contributed by atoms with van der Waals surface area (Å²) in [5.41, 5.74) is 7.94. The van der Waals surface area contributed by atoms with Crippen molar-refractivity contribution in [3.63, 3.8) is 0 Å². The van der Waals surface area contributed by atoms with Gasteiger partial charge < -0.3 is 5.73 Å². The van der Waals surface area contributed by atoms with E-state index in [1.807, 2.05) is 19.3 Å². The molecule has 2 rings (SSSR count). The standard InChI is InChI=1S/C10H12BrN5/c1-16-6-9(14-15-16)3-10(12)7-2-8(11)5-13-4-7/h2,4-6,10H,3,12H2,1H3. The fourth-order valence-corrected chi connectivity index (χ4v) is 1.85. The van der Waals surface area contributed by atoms with Crippen molar-refractivity contribution < 1.29 is 0 Å². The van der Waals surface area contributed by atoms with E-state index in [1.165, 1.54) is 0 Å². The molecule has 0 amide bonds. The molecule has 0 radical (unpaired) electrons. The van der Waals surface area contributed by atoms with Gasteiger partial charge in [-0.3, -0.25) is 9.67 Å². The van der Waals surface area contributed by atoms with Crippen LogP contribution in [-0.2, 0) is 13.5 Å². The van der Waals surface area contributed by atoms with Crippen LogP contribution < -0.4 is 5.73 Å². The first-order valence-corrected chi connectivity index (χ1v) is 5.65. The van der Waals surface area contributed by atoms with Gasteiger partial charge in [-0.1, -0.05) is 5.21 Å². The molecule has 0 bridgehead atoms. The van der Waals surface area contributed by atoms with E-state index in [4.69, 9.17) is 5.73 Å². The van der Waals surface area contributed by atoms with Crippen molar-refractivity contribution in [1.82, 2.24) is 20.0 Å². The van der Waals surface area contributed by atoms with Crippen molar-refractivity contribution in [2.24, 2.45) is 12.8 Å². The Morgan fingerprint density at radius 2 is 2.31 bits per heavy atom. The highest BCUT2D eigenvalue weighted by Crippen LogP contribution is 2.17. The minimum Gasteiger partial charge on any atom is -0.324 e. The number of pyridine rings is 1. The van der Waals surface area contributed by atoms with Crippen LogP contribution in [0, 0.1) is 0 Å². The number of halogens is 1. The van der Waals surface area contributed by atoms with Crippen molar-refractivity contribution in [2.45, 2.75) is 12.5 Å². The molecule has 1 unspecified atom stereocenters. The predicted octanol–water partition coefficient (Wildman–Crippen LogP) is 1.22. The topological polar surface area (TPSA) is 69.6 Å². The third kappa shape index (κ3) is 2.65. The van der Waals surface area contributed by atoms with Gasteiger partial charge in [-0.25, -0.2) is 0 Å². The fourth-order valence-electron chi connectivity index (χ4n) is 1.46. The van der Waals surface area contributed by atoms with E-state index in [2.05, 4.69) is 31.2 Å². The van der Waals surface area contributed by atoms with E-state index < -0.39 is 0 Å². The predicted molar refractivity (Wildman–Crippen MR) is 63.6 cm³/mol. The minimum absolute atomic E-state index is 0.110. The van der Waals surface area contributed by atoms with Gasteiger partial charge in [0.15, 0.2) is 0 Å². The molecule has 0 aliphatic heterocycles. The van der Waals surface area contributed by atoms with Crippen LogP contribution >= 0.6 is 15.9 Å². The van der Waals surface area contributed by atoms with E-state index in [1.54, 1.807) is 17.1 Å². The average molecular weight is 282 g/mol. The number of aromatic nitrogens is 4. The summed E-state index contributed by atoms with van der Waals surface area (Å²) in [5.74, 6) is 0. The Morgan fingerprint density at radius 3 is 2.94 bits per heavy atom. The van der Waals surface area contributed by atoms with Gasteiger partial charge in [0, 0.05) is 42.6 Å². The average Bonchev–Trinajstić information content (AvgIpc) is 2.64. The number of hydrogen-bond acceptors (Lipinski definition) is 4. The Hall–Kier alpha value is -1.27. The van der Waals surface area contributed by atoms with E-state index in [-0.39, 0.29) is 6.04 Å². The van der Waals surface area contributed by atoms with Crippen LogP contribution in [0.1, 0.15) is 17.3 Å². The Balaban J connectivity index is 2.11. The van der Waals surface area contributed by atoms with Crippen LogP contribution in [0.4, 0.5) is 0 Å². The molecule has 2 heterocycles. The molecule has 0 aliphatic rings. The van der Waals surface area contributed by atoms with Gasteiger partial charge in [-0.15, -0.1) is 5.10 Å². The van der Waals surface area contributed by atoms with Gasteiger partial charge in [-0.2, -0.15) is 0 Å². The van der Waals surface area contributed by atoms with Crippen LogP contribution in [0.3, 0.4) is 0 Å². The summed E-state index contributed by atoms with van der Waals surface area (Å²) < 4.78 is 2.60. The summed E-state index contributed by atoms with van der Waals surface area (Å²) in [7, 11) is 1.84. The Bertz CT molecular complexity index is 482. The summed E-state index contributed by atoms with van der Waals surface area (Å²) in [6, 6.07) is 1.86. The maximum Gasteiger partial charge on any atom is 0.0845 e. The first-order chi connectivity index (χ1) is 7.65. The van der Waals surface area contributed by atoms with Crippen molar-refractivity contribution in [3.05, 3.63) is 40.4 Å². The highest BCUT2D eigenvalue weighted by Gasteiger charge is 2.10. The lowest BCUT2D eigenvalue weighted by Crippen LogP contribution is -2.13. The zero-order valence-corrected chi connectivity index (χ0v) is 10.4. The zero-order valence-electron chi connectivity index (χ0n) is 8.84. The maximum absolute atomic E-state index is 6.07. The zero-order chi connectivity index (χ0) is 11.5. The lowest BCUT2D eigenvalue weighted by molar-refractivity contribution is 0.691. The van der Waals surface area contributed by atoms with Crippen molar-refractivity contribution >= 4 is 15.9 Å². The van der Waals surface area contributed by atoms with Gasteiger partial charge in [-0.05, 0) is 27.6 Å². The van der Waals surface area contributed by atoms with Crippen LogP contribution in [0.2, 0.25) is 0 Å². The second-order valence-electron chi connectivity index (χ2n) is 3.63. The molecule has 2 N–H and O–H groups in total. The molecule has 0 fully saturated rings. The normalized spacial score (nSPS) is 12.7. The highest BCUT2D eigenvalue weighted by atomic mass is 79.9. The van der Waals surface area contributed by atoms with Gasteiger partial charge in [0.05, 0.1) is 5.69 Å². The molecule has 2 aromatic heterocycles. The molecule has 5 nitrogen and oxygen atoms in total.